The van der Waals surface area contributed by atoms with Crippen molar-refractivity contribution in [2.45, 2.75) is 0 Å². The highest BCUT2D eigenvalue weighted by molar-refractivity contribution is 7.00. The predicted octanol–water partition coefficient (Wildman–Crippen LogP) is 4.01. The van der Waals surface area contributed by atoms with Crippen LogP contribution in [-0.2, 0) is 4.57 Å². The minimum absolute atomic E-state index is 1.28. The number of nitrogens with zero attached hydrogens (tertiary/aromatic N) is 1. The van der Waals surface area contributed by atoms with Crippen LogP contribution in [0.3, 0.4) is 0 Å². The van der Waals surface area contributed by atoms with Crippen LogP contribution in [0.1, 0.15) is 0 Å². The standard InChI is InChI=1S/C12H10.C3H9N.HOP/c1-3-7-11(8-4-1)12-9-5-2-6-10-12;1-4(2)3;1-2/h1-10H;1-3H3;2H. The molecule has 0 aliphatic heterocycles. The van der Waals surface area contributed by atoms with Gasteiger partial charge in [-0.2, -0.15) is 0 Å². The lowest BCUT2D eigenvalue weighted by atomic mass is 10.1. The Balaban J connectivity index is 0.000000415. The van der Waals surface area contributed by atoms with E-state index >= 15 is 0 Å². The molecule has 18 heavy (non-hydrogen) atoms. The van der Waals surface area contributed by atoms with E-state index in [2.05, 4.69) is 48.5 Å². The van der Waals surface area contributed by atoms with Gasteiger partial charge in [-0.1, -0.05) is 60.7 Å². The zero-order valence-corrected chi connectivity index (χ0v) is 12.1. The molecule has 2 aromatic rings. The zero-order chi connectivity index (χ0) is 13.8. The van der Waals surface area contributed by atoms with E-state index in [1.165, 1.54) is 11.1 Å². The van der Waals surface area contributed by atoms with E-state index in [1.807, 2.05) is 38.2 Å². The first-order chi connectivity index (χ1) is 8.70. The Morgan fingerprint density at radius 3 is 1.11 bits per heavy atom. The van der Waals surface area contributed by atoms with Gasteiger partial charge in [-0.05, 0) is 32.3 Å². The minimum Gasteiger partial charge on any atom is -0.312 e. The van der Waals surface area contributed by atoms with Crippen LogP contribution in [-0.4, -0.2) is 26.0 Å². The minimum atomic E-state index is 1.28. The van der Waals surface area contributed by atoms with Crippen LogP contribution in [0.5, 0.6) is 0 Å². The van der Waals surface area contributed by atoms with Gasteiger partial charge in [0.2, 0.25) is 0 Å². The summed E-state index contributed by atoms with van der Waals surface area (Å²) in [6.45, 7) is 0. The molecule has 0 fully saturated rings. The third kappa shape index (κ3) is 7.72. The van der Waals surface area contributed by atoms with Gasteiger partial charge in [0.25, 0.3) is 0 Å². The molecule has 0 amide bonds. The molecule has 0 bridgehead atoms. The molecule has 0 N–H and O–H groups in total. The molecule has 0 aliphatic rings. The van der Waals surface area contributed by atoms with Crippen LogP contribution in [0.2, 0.25) is 0 Å². The summed E-state index contributed by atoms with van der Waals surface area (Å²) < 4.78 is 8.06. The fourth-order valence-electron chi connectivity index (χ4n) is 1.26. The third-order valence-corrected chi connectivity index (χ3v) is 1.88. The van der Waals surface area contributed by atoms with E-state index in [1.54, 1.807) is 9.12 Å². The summed E-state index contributed by atoms with van der Waals surface area (Å²) in [7, 11) is 7.72. The van der Waals surface area contributed by atoms with E-state index in [0.717, 1.165) is 0 Å². The lowest BCUT2D eigenvalue weighted by molar-refractivity contribution is 0.505. The SMILES string of the molecule is CN(C)C.O=P.c1ccc(-c2ccccc2)cc1. The maximum absolute atomic E-state index is 8.06. The number of hydrogen-bond acceptors (Lipinski definition) is 2. The molecular weight excluding hydrogens is 241 g/mol. The third-order valence-electron chi connectivity index (χ3n) is 1.88. The van der Waals surface area contributed by atoms with Crippen molar-refractivity contribution in [2.75, 3.05) is 21.1 Å². The summed E-state index contributed by atoms with van der Waals surface area (Å²) >= 11 is 0. The zero-order valence-electron chi connectivity index (χ0n) is 11.1. The van der Waals surface area contributed by atoms with Crippen molar-refractivity contribution in [3.05, 3.63) is 60.7 Å². The molecule has 0 heterocycles. The lowest BCUT2D eigenvalue weighted by Gasteiger charge is -1.98. The fourth-order valence-corrected chi connectivity index (χ4v) is 1.26. The first kappa shape index (κ1) is 16.5. The molecule has 0 radical (unpaired) electrons. The molecule has 0 spiro atoms. The quantitative estimate of drug-likeness (QED) is 0.723. The topological polar surface area (TPSA) is 20.3 Å². The summed E-state index contributed by atoms with van der Waals surface area (Å²) in [6, 6.07) is 20.8. The first-order valence-corrected chi connectivity index (χ1v) is 6.03. The summed E-state index contributed by atoms with van der Waals surface area (Å²) in [5.74, 6) is 0. The normalized spacial score (nSPS) is 8.67. The van der Waals surface area contributed by atoms with Crippen molar-refractivity contribution in [1.29, 1.82) is 0 Å². The maximum atomic E-state index is 8.06. The summed E-state index contributed by atoms with van der Waals surface area (Å²) in [6.07, 6.45) is 0. The van der Waals surface area contributed by atoms with Gasteiger partial charge < -0.3 is 4.90 Å². The van der Waals surface area contributed by atoms with E-state index < -0.39 is 0 Å². The molecule has 0 atom stereocenters. The Morgan fingerprint density at radius 2 is 0.889 bits per heavy atom. The highest BCUT2D eigenvalue weighted by atomic mass is 31.0. The fraction of sp³-hybridized carbons (Fsp3) is 0.200. The molecule has 0 aliphatic carbocycles. The lowest BCUT2D eigenvalue weighted by Crippen LogP contribution is -1.99. The molecular formula is C15H20NOP. The Labute approximate surface area is 112 Å². The summed E-state index contributed by atoms with van der Waals surface area (Å²) in [5.41, 5.74) is 2.55. The first-order valence-electron chi connectivity index (χ1n) is 5.62. The number of benzene rings is 2. The molecule has 96 valence electrons. The Bertz CT molecular complexity index is 363. The van der Waals surface area contributed by atoms with Crippen LogP contribution in [0, 0.1) is 0 Å². The largest absolute Gasteiger partial charge is 0.312 e. The van der Waals surface area contributed by atoms with Crippen molar-refractivity contribution in [3.8, 4) is 11.1 Å². The van der Waals surface area contributed by atoms with Crippen molar-refractivity contribution in [1.82, 2.24) is 4.90 Å². The second-order valence-electron chi connectivity index (χ2n) is 4.07. The van der Waals surface area contributed by atoms with Gasteiger partial charge in [0.15, 0.2) is 0 Å². The van der Waals surface area contributed by atoms with Crippen molar-refractivity contribution < 1.29 is 4.57 Å². The number of hydrogen-bond donors (Lipinski definition) is 0. The molecule has 0 saturated heterocycles. The van der Waals surface area contributed by atoms with Gasteiger partial charge in [0, 0.05) is 0 Å². The van der Waals surface area contributed by atoms with Crippen LogP contribution >= 0.6 is 9.12 Å². The van der Waals surface area contributed by atoms with Crippen LogP contribution in [0.25, 0.3) is 11.1 Å². The number of rotatable bonds is 1. The molecule has 0 saturated carbocycles. The van der Waals surface area contributed by atoms with E-state index in [-0.39, 0.29) is 0 Å². The Kier molecular flexibility index (Phi) is 9.75. The van der Waals surface area contributed by atoms with Gasteiger partial charge in [-0.25, -0.2) is 0 Å². The molecule has 3 heteroatoms. The molecule has 2 rings (SSSR count). The van der Waals surface area contributed by atoms with Gasteiger partial charge >= 0.3 is 0 Å². The Morgan fingerprint density at radius 1 is 0.667 bits per heavy atom. The second-order valence-corrected chi connectivity index (χ2v) is 4.07. The van der Waals surface area contributed by atoms with Gasteiger partial charge in [-0.3, -0.25) is 4.57 Å². The molecule has 0 aromatic heterocycles. The van der Waals surface area contributed by atoms with E-state index in [0.29, 0.717) is 0 Å². The highest BCUT2D eigenvalue weighted by Crippen LogP contribution is 2.17. The van der Waals surface area contributed by atoms with E-state index in [4.69, 9.17) is 4.57 Å². The Hall–Kier alpha value is -1.50. The molecule has 2 aromatic carbocycles. The van der Waals surface area contributed by atoms with Crippen LogP contribution in [0.15, 0.2) is 60.7 Å². The molecule has 2 nitrogen and oxygen atoms in total. The van der Waals surface area contributed by atoms with Gasteiger partial charge in [0.05, 0.1) is 0 Å². The average molecular weight is 261 g/mol. The average Bonchev–Trinajstić information content (AvgIpc) is 2.42. The van der Waals surface area contributed by atoms with Crippen LogP contribution < -0.4 is 0 Å². The monoisotopic (exact) mass is 261 g/mol. The second kappa shape index (κ2) is 10.6. The van der Waals surface area contributed by atoms with Gasteiger partial charge in [-0.15, -0.1) is 0 Å². The van der Waals surface area contributed by atoms with E-state index in [9.17, 15) is 0 Å². The smallest absolute Gasteiger partial charge is 0.138 e. The highest BCUT2D eigenvalue weighted by Gasteiger charge is 1.91. The summed E-state index contributed by atoms with van der Waals surface area (Å²) in [4.78, 5) is 2.00. The molecule has 0 unspecified atom stereocenters. The summed E-state index contributed by atoms with van der Waals surface area (Å²) in [5, 5.41) is 0. The van der Waals surface area contributed by atoms with Crippen molar-refractivity contribution in [2.24, 2.45) is 0 Å². The maximum Gasteiger partial charge on any atom is 0.138 e. The van der Waals surface area contributed by atoms with Crippen LogP contribution in [0.4, 0.5) is 0 Å². The van der Waals surface area contributed by atoms with Gasteiger partial charge in [0.1, 0.15) is 9.12 Å². The predicted molar refractivity (Wildman–Crippen MR) is 80.5 cm³/mol. The van der Waals surface area contributed by atoms with Crippen molar-refractivity contribution in [3.63, 3.8) is 0 Å². The van der Waals surface area contributed by atoms with Crippen molar-refractivity contribution >= 4 is 9.12 Å².